The van der Waals surface area contributed by atoms with Crippen molar-refractivity contribution < 1.29 is 0 Å². The van der Waals surface area contributed by atoms with Gasteiger partial charge in [0.1, 0.15) is 11.8 Å². The van der Waals surface area contributed by atoms with Gasteiger partial charge in [-0.05, 0) is 12.0 Å². The Morgan fingerprint density at radius 1 is 1.16 bits per heavy atom. The van der Waals surface area contributed by atoms with Gasteiger partial charge in [-0.2, -0.15) is 5.26 Å². The Bertz CT molecular complexity index is 609. The molecule has 0 unspecified atom stereocenters. The van der Waals surface area contributed by atoms with Crippen LogP contribution in [0, 0.1) is 11.3 Å². The van der Waals surface area contributed by atoms with Gasteiger partial charge >= 0.3 is 0 Å². The van der Waals surface area contributed by atoms with Gasteiger partial charge in [-0.1, -0.05) is 31.2 Å². The second-order valence-electron chi connectivity index (χ2n) is 4.50. The molecule has 0 saturated heterocycles. The van der Waals surface area contributed by atoms with Gasteiger partial charge in [0.05, 0.1) is 5.69 Å². The van der Waals surface area contributed by atoms with Gasteiger partial charge in [-0.15, -0.1) is 0 Å². The summed E-state index contributed by atoms with van der Waals surface area (Å²) in [6.07, 6.45) is 1.01. The van der Waals surface area contributed by atoms with Crippen LogP contribution < -0.4 is 4.90 Å². The van der Waals surface area contributed by atoms with Crippen LogP contribution in [-0.2, 0) is 6.42 Å². The summed E-state index contributed by atoms with van der Waals surface area (Å²) in [6, 6.07) is 12.0. The largest absolute Gasteiger partial charge is 0.347 e. The third-order valence-electron chi connectivity index (χ3n) is 2.89. The van der Waals surface area contributed by atoms with E-state index in [4.69, 9.17) is 5.26 Å². The molecule has 4 heteroatoms. The van der Waals surface area contributed by atoms with Crippen LogP contribution in [0.25, 0.3) is 11.3 Å². The van der Waals surface area contributed by atoms with Crippen LogP contribution in [0.3, 0.4) is 0 Å². The van der Waals surface area contributed by atoms with Crippen LogP contribution in [0.5, 0.6) is 0 Å². The van der Waals surface area contributed by atoms with Crippen molar-refractivity contribution in [2.24, 2.45) is 0 Å². The highest BCUT2D eigenvalue weighted by molar-refractivity contribution is 5.62. The quantitative estimate of drug-likeness (QED) is 0.842. The van der Waals surface area contributed by atoms with Gasteiger partial charge in [0.25, 0.3) is 0 Å². The molecule has 19 heavy (non-hydrogen) atoms. The molecule has 0 aliphatic rings. The lowest BCUT2D eigenvalue weighted by atomic mass is 10.1. The zero-order valence-electron chi connectivity index (χ0n) is 11.4. The van der Waals surface area contributed by atoms with E-state index in [9.17, 15) is 0 Å². The van der Waals surface area contributed by atoms with Crippen molar-refractivity contribution in [2.75, 3.05) is 19.0 Å². The fourth-order valence-corrected chi connectivity index (χ4v) is 1.75. The van der Waals surface area contributed by atoms with Crippen molar-refractivity contribution in [2.45, 2.75) is 13.3 Å². The van der Waals surface area contributed by atoms with Crippen molar-refractivity contribution in [1.29, 1.82) is 5.26 Å². The van der Waals surface area contributed by atoms with Crippen molar-refractivity contribution in [1.82, 2.24) is 9.97 Å². The van der Waals surface area contributed by atoms with E-state index in [0.29, 0.717) is 11.6 Å². The van der Waals surface area contributed by atoms with Gasteiger partial charge in [-0.25, -0.2) is 9.97 Å². The average molecular weight is 252 g/mol. The second-order valence-corrected chi connectivity index (χ2v) is 4.50. The Morgan fingerprint density at radius 2 is 1.84 bits per heavy atom. The van der Waals surface area contributed by atoms with Crippen molar-refractivity contribution >= 4 is 5.95 Å². The number of rotatable bonds is 3. The maximum absolute atomic E-state index is 9.04. The predicted molar refractivity (Wildman–Crippen MR) is 75.9 cm³/mol. The molecule has 4 nitrogen and oxygen atoms in total. The Balaban J connectivity index is 2.48. The fourth-order valence-electron chi connectivity index (χ4n) is 1.75. The molecular weight excluding hydrogens is 236 g/mol. The van der Waals surface area contributed by atoms with Gasteiger partial charge in [0.15, 0.2) is 0 Å². The van der Waals surface area contributed by atoms with Crippen LogP contribution >= 0.6 is 0 Å². The minimum absolute atomic E-state index is 0.383. The standard InChI is InChI=1S/C15H16N4/c1-4-11-5-7-12(8-6-11)14-9-13(10-16)17-15(18-14)19(2)3/h5-9H,4H2,1-3H3. The smallest absolute Gasteiger partial charge is 0.226 e. The number of aryl methyl sites for hydroxylation is 1. The predicted octanol–water partition coefficient (Wildman–Crippen LogP) is 2.64. The molecule has 0 saturated carbocycles. The summed E-state index contributed by atoms with van der Waals surface area (Å²) in [5, 5.41) is 9.04. The monoisotopic (exact) mass is 252 g/mol. The highest BCUT2D eigenvalue weighted by atomic mass is 15.2. The van der Waals surface area contributed by atoms with Crippen LogP contribution in [0.2, 0.25) is 0 Å². The zero-order chi connectivity index (χ0) is 13.8. The van der Waals surface area contributed by atoms with Crippen LogP contribution in [0.4, 0.5) is 5.95 Å². The molecule has 2 rings (SSSR count). The van der Waals surface area contributed by atoms with E-state index in [2.05, 4.69) is 35.1 Å². The molecule has 0 aliphatic heterocycles. The molecule has 1 heterocycles. The SMILES string of the molecule is CCc1ccc(-c2cc(C#N)nc(N(C)C)n2)cc1. The minimum atomic E-state index is 0.383. The van der Waals surface area contributed by atoms with Gasteiger partial charge in [0, 0.05) is 25.7 Å². The van der Waals surface area contributed by atoms with Crippen LogP contribution in [0.15, 0.2) is 30.3 Å². The minimum Gasteiger partial charge on any atom is -0.347 e. The molecule has 0 atom stereocenters. The number of benzene rings is 1. The number of nitrogens with zero attached hydrogens (tertiary/aromatic N) is 4. The van der Waals surface area contributed by atoms with Crippen molar-refractivity contribution in [3.05, 3.63) is 41.6 Å². The van der Waals surface area contributed by atoms with Crippen molar-refractivity contribution in [3.63, 3.8) is 0 Å². The Hall–Kier alpha value is -2.41. The highest BCUT2D eigenvalue weighted by Gasteiger charge is 2.07. The topological polar surface area (TPSA) is 52.8 Å². The number of nitriles is 1. The molecule has 0 bridgehead atoms. The summed E-state index contributed by atoms with van der Waals surface area (Å²) < 4.78 is 0. The number of hydrogen-bond acceptors (Lipinski definition) is 4. The first kappa shape index (κ1) is 13.0. The molecule has 1 aromatic carbocycles. The first-order chi connectivity index (χ1) is 9.13. The zero-order valence-corrected chi connectivity index (χ0v) is 11.4. The molecule has 0 radical (unpaired) electrons. The van der Waals surface area contributed by atoms with E-state index >= 15 is 0 Å². The Kier molecular flexibility index (Phi) is 3.76. The lowest BCUT2D eigenvalue weighted by Crippen LogP contribution is -2.13. The first-order valence-corrected chi connectivity index (χ1v) is 6.20. The number of aromatic nitrogens is 2. The van der Waals surface area contributed by atoms with E-state index < -0.39 is 0 Å². The molecule has 1 aromatic heterocycles. The highest BCUT2D eigenvalue weighted by Crippen LogP contribution is 2.20. The van der Waals surface area contributed by atoms with E-state index in [1.54, 1.807) is 11.0 Å². The first-order valence-electron chi connectivity index (χ1n) is 6.20. The van der Waals surface area contributed by atoms with E-state index in [1.807, 2.05) is 26.2 Å². The second kappa shape index (κ2) is 5.49. The molecule has 0 aliphatic carbocycles. The molecule has 0 amide bonds. The van der Waals surface area contributed by atoms with Crippen molar-refractivity contribution in [3.8, 4) is 17.3 Å². The molecule has 96 valence electrons. The van der Waals surface area contributed by atoms with Gasteiger partial charge in [0.2, 0.25) is 5.95 Å². The van der Waals surface area contributed by atoms with E-state index in [0.717, 1.165) is 17.7 Å². The summed E-state index contributed by atoms with van der Waals surface area (Å²) in [6.45, 7) is 2.12. The van der Waals surface area contributed by atoms with E-state index in [1.165, 1.54) is 5.56 Å². The fraction of sp³-hybridized carbons (Fsp3) is 0.267. The maximum atomic E-state index is 9.04. The van der Waals surface area contributed by atoms with Crippen LogP contribution in [-0.4, -0.2) is 24.1 Å². The summed E-state index contributed by atoms with van der Waals surface area (Å²) in [5.41, 5.74) is 3.44. The van der Waals surface area contributed by atoms with Crippen LogP contribution in [0.1, 0.15) is 18.2 Å². The normalized spacial score (nSPS) is 10.0. The van der Waals surface area contributed by atoms with Gasteiger partial charge < -0.3 is 4.90 Å². The Morgan fingerprint density at radius 3 is 2.37 bits per heavy atom. The van der Waals surface area contributed by atoms with E-state index in [-0.39, 0.29) is 0 Å². The molecule has 0 spiro atoms. The number of anilines is 1. The molecule has 0 N–H and O–H groups in total. The summed E-state index contributed by atoms with van der Waals surface area (Å²) in [7, 11) is 3.72. The summed E-state index contributed by atoms with van der Waals surface area (Å²) in [4.78, 5) is 10.4. The third kappa shape index (κ3) is 2.89. The number of hydrogen-bond donors (Lipinski definition) is 0. The average Bonchev–Trinajstić information content (AvgIpc) is 2.46. The molecule has 0 fully saturated rings. The maximum Gasteiger partial charge on any atom is 0.226 e. The van der Waals surface area contributed by atoms with Gasteiger partial charge in [-0.3, -0.25) is 0 Å². The summed E-state index contributed by atoms with van der Waals surface area (Å²) in [5.74, 6) is 0.550. The molecule has 2 aromatic rings. The summed E-state index contributed by atoms with van der Waals surface area (Å²) >= 11 is 0. The lowest BCUT2D eigenvalue weighted by molar-refractivity contribution is 0.993. The third-order valence-corrected chi connectivity index (χ3v) is 2.89. The lowest BCUT2D eigenvalue weighted by Gasteiger charge is -2.11. The molecular formula is C15H16N4. The Labute approximate surface area is 113 Å².